The SMILES string of the molecule is Cc1c(-n2c(O)c3c(c2O)[C@@]2(C)O[C@]3(C)[C@H](O)[C@@H]2O)ccc(C#N)c1C(F)(F)F. The van der Waals surface area contributed by atoms with E-state index in [1.165, 1.54) is 26.0 Å². The van der Waals surface area contributed by atoms with Gasteiger partial charge in [0.1, 0.15) is 23.4 Å². The molecule has 2 aliphatic heterocycles. The highest BCUT2D eigenvalue weighted by atomic mass is 19.4. The number of fused-ring (bicyclic) bond motifs is 5. The van der Waals surface area contributed by atoms with Crippen molar-refractivity contribution in [3.63, 3.8) is 0 Å². The van der Waals surface area contributed by atoms with E-state index in [-0.39, 0.29) is 22.4 Å². The van der Waals surface area contributed by atoms with Crippen LogP contribution in [0.1, 0.15) is 41.7 Å². The number of nitrogens with zero attached hydrogens (tertiary/aromatic N) is 2. The molecule has 10 heteroatoms. The Bertz CT molecular complexity index is 1060. The van der Waals surface area contributed by atoms with E-state index < -0.39 is 52.5 Å². The second-order valence-electron chi connectivity index (χ2n) is 7.68. The zero-order chi connectivity index (χ0) is 21.7. The first-order valence-electron chi connectivity index (χ1n) is 8.65. The Morgan fingerprint density at radius 1 is 1.07 bits per heavy atom. The summed E-state index contributed by atoms with van der Waals surface area (Å²) < 4.78 is 47.2. The monoisotopic (exact) mass is 410 g/mol. The Morgan fingerprint density at radius 2 is 1.55 bits per heavy atom. The molecule has 4 rings (SSSR count). The molecular weight excluding hydrogens is 393 g/mol. The van der Waals surface area contributed by atoms with Crippen LogP contribution in [0.2, 0.25) is 0 Å². The Morgan fingerprint density at radius 3 is 1.97 bits per heavy atom. The second kappa shape index (κ2) is 5.44. The maximum Gasteiger partial charge on any atom is 0.418 e. The summed E-state index contributed by atoms with van der Waals surface area (Å²) in [6.07, 6.45) is -7.68. The standard InChI is InChI=1S/C19H17F3N2O5/c1-7-9(5-4-8(6-23)10(7)19(20,21)22)24-15(27)11-12(16(24)28)18(3)14(26)13(25)17(11,2)29-18/h4-5,13-14,25-28H,1-3H3/t13-,14+,17+,18-. The number of halogens is 3. The molecule has 29 heavy (non-hydrogen) atoms. The largest absolute Gasteiger partial charge is 0.494 e. The lowest BCUT2D eigenvalue weighted by atomic mass is 9.76. The van der Waals surface area contributed by atoms with Crippen LogP contribution in [0.3, 0.4) is 0 Å². The van der Waals surface area contributed by atoms with Crippen molar-refractivity contribution in [2.75, 3.05) is 0 Å². The van der Waals surface area contributed by atoms with Gasteiger partial charge in [-0.05, 0) is 38.5 Å². The minimum Gasteiger partial charge on any atom is -0.494 e. The molecule has 1 aromatic carbocycles. The summed E-state index contributed by atoms with van der Waals surface area (Å²) in [5, 5.41) is 51.4. The van der Waals surface area contributed by atoms with Crippen LogP contribution in [0, 0.1) is 18.3 Å². The third-order valence-electron chi connectivity index (χ3n) is 6.05. The van der Waals surface area contributed by atoms with Crippen molar-refractivity contribution in [3.05, 3.63) is 39.9 Å². The molecule has 154 valence electrons. The lowest BCUT2D eigenvalue weighted by molar-refractivity contribution is -0.138. The van der Waals surface area contributed by atoms with Crippen LogP contribution in [-0.2, 0) is 22.1 Å². The highest BCUT2D eigenvalue weighted by molar-refractivity contribution is 5.65. The van der Waals surface area contributed by atoms with Gasteiger partial charge in [0.25, 0.3) is 0 Å². The van der Waals surface area contributed by atoms with E-state index in [1.54, 1.807) is 0 Å². The van der Waals surface area contributed by atoms with Crippen LogP contribution >= 0.6 is 0 Å². The van der Waals surface area contributed by atoms with Gasteiger partial charge in [0.2, 0.25) is 11.8 Å². The smallest absolute Gasteiger partial charge is 0.418 e. The fourth-order valence-corrected chi connectivity index (χ4v) is 4.68. The summed E-state index contributed by atoms with van der Waals surface area (Å²) in [7, 11) is 0. The van der Waals surface area contributed by atoms with Crippen molar-refractivity contribution in [2.24, 2.45) is 0 Å². The van der Waals surface area contributed by atoms with Crippen molar-refractivity contribution in [2.45, 2.75) is 50.4 Å². The topological polar surface area (TPSA) is 119 Å². The molecule has 0 spiro atoms. The number of alkyl halides is 3. The molecule has 1 saturated heterocycles. The summed E-state index contributed by atoms with van der Waals surface area (Å²) in [6.45, 7) is 3.95. The molecule has 3 heterocycles. The first kappa shape index (κ1) is 19.6. The maximum atomic E-state index is 13.5. The average molecular weight is 410 g/mol. The molecule has 4 N–H and O–H groups in total. The number of hydrogen-bond donors (Lipinski definition) is 4. The zero-order valence-corrected chi connectivity index (χ0v) is 15.5. The number of aliphatic hydroxyl groups is 2. The molecule has 7 nitrogen and oxygen atoms in total. The number of ether oxygens (including phenoxy) is 1. The van der Waals surface area contributed by atoms with E-state index >= 15 is 0 Å². The van der Waals surface area contributed by atoms with Gasteiger partial charge in [-0.15, -0.1) is 0 Å². The van der Waals surface area contributed by atoms with Crippen LogP contribution in [0.25, 0.3) is 5.69 Å². The molecule has 2 aromatic rings. The van der Waals surface area contributed by atoms with Gasteiger partial charge in [-0.3, -0.25) is 4.57 Å². The Labute approximate surface area is 162 Å². The van der Waals surface area contributed by atoms with Gasteiger partial charge in [-0.2, -0.15) is 18.4 Å². The van der Waals surface area contributed by atoms with E-state index in [2.05, 4.69) is 0 Å². The molecule has 4 atom stereocenters. The van der Waals surface area contributed by atoms with E-state index in [0.717, 1.165) is 17.6 Å². The van der Waals surface area contributed by atoms with E-state index in [0.29, 0.717) is 0 Å². The number of benzene rings is 1. The fraction of sp³-hybridized carbons (Fsp3) is 0.421. The highest BCUT2D eigenvalue weighted by Gasteiger charge is 2.69. The normalized spacial score (nSPS) is 30.4. The first-order valence-corrected chi connectivity index (χ1v) is 8.65. The summed E-state index contributed by atoms with van der Waals surface area (Å²) in [4.78, 5) is 0. The third-order valence-corrected chi connectivity index (χ3v) is 6.05. The molecule has 0 amide bonds. The first-order chi connectivity index (χ1) is 13.3. The van der Waals surface area contributed by atoms with Crippen LogP contribution in [0.15, 0.2) is 12.1 Å². The lowest BCUT2D eigenvalue weighted by Gasteiger charge is -2.29. The molecule has 2 aliphatic rings. The number of aliphatic hydroxyl groups excluding tert-OH is 2. The highest BCUT2D eigenvalue weighted by Crippen LogP contribution is 2.64. The number of nitriles is 1. The van der Waals surface area contributed by atoms with Gasteiger partial charge < -0.3 is 25.2 Å². The molecule has 0 aliphatic carbocycles. The van der Waals surface area contributed by atoms with Crippen LogP contribution in [0.5, 0.6) is 11.8 Å². The van der Waals surface area contributed by atoms with Crippen molar-refractivity contribution < 1.29 is 38.3 Å². The van der Waals surface area contributed by atoms with Gasteiger partial charge in [0.05, 0.1) is 34.0 Å². The second-order valence-corrected chi connectivity index (χ2v) is 7.68. The van der Waals surface area contributed by atoms with E-state index in [4.69, 9.17) is 10.00 Å². The zero-order valence-electron chi connectivity index (χ0n) is 15.5. The molecule has 0 radical (unpaired) electrons. The Kier molecular flexibility index (Phi) is 3.67. The molecule has 0 unspecified atom stereocenters. The molecule has 0 saturated carbocycles. The summed E-state index contributed by atoms with van der Waals surface area (Å²) in [6, 6.07) is 3.63. The molecular formula is C19H17F3N2O5. The summed E-state index contributed by atoms with van der Waals surface area (Å²) >= 11 is 0. The third kappa shape index (κ3) is 2.12. The van der Waals surface area contributed by atoms with Crippen LogP contribution in [0.4, 0.5) is 13.2 Å². The molecule has 1 fully saturated rings. The average Bonchev–Trinajstić information content (AvgIpc) is 3.10. The van der Waals surface area contributed by atoms with Crippen LogP contribution < -0.4 is 0 Å². The Balaban J connectivity index is 2.04. The van der Waals surface area contributed by atoms with Gasteiger partial charge in [0, 0.05) is 0 Å². The molecule has 2 bridgehead atoms. The minimum atomic E-state index is -4.83. The minimum absolute atomic E-state index is 0.00683. The van der Waals surface area contributed by atoms with Crippen molar-refractivity contribution in [1.82, 2.24) is 4.57 Å². The van der Waals surface area contributed by atoms with Gasteiger partial charge >= 0.3 is 6.18 Å². The lowest BCUT2D eigenvalue weighted by Crippen LogP contribution is -2.44. The van der Waals surface area contributed by atoms with E-state index in [9.17, 15) is 33.6 Å². The predicted octanol–water partition coefficient (Wildman–Crippen LogP) is 2.28. The van der Waals surface area contributed by atoms with Gasteiger partial charge in [-0.1, -0.05) is 0 Å². The maximum absolute atomic E-state index is 13.5. The van der Waals surface area contributed by atoms with Crippen molar-refractivity contribution >= 4 is 0 Å². The molecule has 1 aromatic heterocycles. The predicted molar refractivity (Wildman–Crippen MR) is 91.4 cm³/mol. The van der Waals surface area contributed by atoms with Crippen molar-refractivity contribution in [3.8, 4) is 23.5 Å². The van der Waals surface area contributed by atoms with Crippen LogP contribution in [-0.4, -0.2) is 37.2 Å². The number of hydrogen-bond acceptors (Lipinski definition) is 6. The van der Waals surface area contributed by atoms with Gasteiger partial charge in [0.15, 0.2) is 0 Å². The van der Waals surface area contributed by atoms with Gasteiger partial charge in [-0.25, -0.2) is 0 Å². The summed E-state index contributed by atoms with van der Waals surface area (Å²) in [5.74, 6) is -1.23. The summed E-state index contributed by atoms with van der Waals surface area (Å²) in [5.41, 5.74) is -5.49. The number of aromatic nitrogens is 1. The van der Waals surface area contributed by atoms with Crippen molar-refractivity contribution in [1.29, 1.82) is 5.26 Å². The Hall–Kier alpha value is -2.74. The van der Waals surface area contributed by atoms with E-state index in [1.807, 2.05) is 0 Å². The quantitative estimate of drug-likeness (QED) is 0.573. The fourth-order valence-electron chi connectivity index (χ4n) is 4.68. The number of rotatable bonds is 1. The number of aromatic hydroxyl groups is 2.